The van der Waals surface area contributed by atoms with Crippen molar-refractivity contribution in [2.75, 3.05) is 7.05 Å². The SMILES string of the molecule is CC/C=C1/C(c2ccccn2)=CC=CC1=NC. The molecule has 17 heavy (non-hydrogen) atoms. The van der Waals surface area contributed by atoms with Crippen LogP contribution in [0.25, 0.3) is 5.57 Å². The second-order valence-corrected chi connectivity index (χ2v) is 3.79. The molecule has 1 aliphatic carbocycles. The van der Waals surface area contributed by atoms with Gasteiger partial charge in [-0.1, -0.05) is 31.2 Å². The molecule has 1 aromatic heterocycles. The van der Waals surface area contributed by atoms with E-state index in [9.17, 15) is 0 Å². The van der Waals surface area contributed by atoms with E-state index < -0.39 is 0 Å². The van der Waals surface area contributed by atoms with Gasteiger partial charge < -0.3 is 0 Å². The van der Waals surface area contributed by atoms with E-state index in [1.807, 2.05) is 43.6 Å². The number of nitrogens with zero attached hydrogens (tertiary/aromatic N) is 2. The Morgan fingerprint density at radius 1 is 1.35 bits per heavy atom. The number of hydrogen-bond acceptors (Lipinski definition) is 2. The molecule has 0 aromatic carbocycles. The second kappa shape index (κ2) is 5.39. The van der Waals surface area contributed by atoms with E-state index in [1.165, 1.54) is 5.57 Å². The molecule has 0 spiro atoms. The van der Waals surface area contributed by atoms with Gasteiger partial charge in [-0.3, -0.25) is 9.98 Å². The molecular weight excluding hydrogens is 208 g/mol. The molecule has 0 saturated heterocycles. The zero-order valence-electron chi connectivity index (χ0n) is 10.2. The van der Waals surface area contributed by atoms with Gasteiger partial charge in [0, 0.05) is 24.4 Å². The van der Waals surface area contributed by atoms with Gasteiger partial charge in [0.1, 0.15) is 0 Å². The molecule has 0 amide bonds. The fourth-order valence-corrected chi connectivity index (χ4v) is 1.91. The van der Waals surface area contributed by atoms with Crippen LogP contribution in [0.4, 0.5) is 0 Å². The Hall–Kier alpha value is -1.96. The first-order chi connectivity index (χ1) is 8.36. The van der Waals surface area contributed by atoms with E-state index in [1.54, 1.807) is 0 Å². The minimum Gasteiger partial charge on any atom is -0.288 e. The minimum absolute atomic E-state index is 0.992. The molecule has 0 saturated carbocycles. The van der Waals surface area contributed by atoms with Crippen LogP contribution in [-0.4, -0.2) is 17.7 Å². The fraction of sp³-hybridized carbons (Fsp3) is 0.200. The van der Waals surface area contributed by atoms with Crippen LogP contribution >= 0.6 is 0 Å². The zero-order chi connectivity index (χ0) is 12.1. The molecule has 1 aliphatic rings. The van der Waals surface area contributed by atoms with Gasteiger partial charge in [0.15, 0.2) is 0 Å². The highest BCUT2D eigenvalue weighted by Crippen LogP contribution is 2.26. The van der Waals surface area contributed by atoms with Gasteiger partial charge in [0.25, 0.3) is 0 Å². The molecule has 0 radical (unpaired) electrons. The number of pyridine rings is 1. The fourth-order valence-electron chi connectivity index (χ4n) is 1.91. The maximum Gasteiger partial charge on any atom is 0.0708 e. The maximum absolute atomic E-state index is 4.41. The Morgan fingerprint density at radius 3 is 2.88 bits per heavy atom. The first-order valence-corrected chi connectivity index (χ1v) is 5.84. The van der Waals surface area contributed by atoms with Gasteiger partial charge in [-0.15, -0.1) is 0 Å². The third kappa shape index (κ3) is 2.41. The first-order valence-electron chi connectivity index (χ1n) is 5.84. The van der Waals surface area contributed by atoms with E-state index >= 15 is 0 Å². The van der Waals surface area contributed by atoms with Crippen LogP contribution in [0, 0.1) is 0 Å². The minimum atomic E-state index is 0.992. The Morgan fingerprint density at radius 2 is 2.24 bits per heavy atom. The molecule has 0 aliphatic heterocycles. The van der Waals surface area contributed by atoms with Crippen LogP contribution in [0.3, 0.4) is 0 Å². The van der Waals surface area contributed by atoms with Crippen LogP contribution in [-0.2, 0) is 0 Å². The van der Waals surface area contributed by atoms with Crippen LogP contribution in [0.5, 0.6) is 0 Å². The topological polar surface area (TPSA) is 25.2 Å². The molecule has 0 fully saturated rings. The van der Waals surface area contributed by atoms with Crippen molar-refractivity contribution in [1.82, 2.24) is 4.98 Å². The summed E-state index contributed by atoms with van der Waals surface area (Å²) in [5.41, 5.74) is 4.35. The quantitative estimate of drug-likeness (QED) is 0.755. The molecule has 0 bridgehead atoms. The van der Waals surface area contributed by atoms with Crippen molar-refractivity contribution in [1.29, 1.82) is 0 Å². The standard InChI is InChI=1S/C15H16N2/c1-3-7-12-13(8-6-10-14(12)16-2)15-9-4-5-11-17-15/h4-11H,3H2,1-2H3/b12-7-,16-14?. The van der Waals surface area contributed by atoms with E-state index in [2.05, 4.69) is 29.1 Å². The molecule has 0 N–H and O–H groups in total. The van der Waals surface area contributed by atoms with Crippen molar-refractivity contribution in [3.05, 3.63) is 60.0 Å². The van der Waals surface area contributed by atoms with E-state index in [0.717, 1.165) is 23.4 Å². The lowest BCUT2D eigenvalue weighted by atomic mass is 9.92. The Bertz CT molecular complexity index is 505. The molecule has 0 atom stereocenters. The highest BCUT2D eigenvalue weighted by molar-refractivity contribution is 6.20. The van der Waals surface area contributed by atoms with Gasteiger partial charge in [0.2, 0.25) is 0 Å². The molecule has 1 heterocycles. The van der Waals surface area contributed by atoms with E-state index in [0.29, 0.717) is 0 Å². The van der Waals surface area contributed by atoms with Gasteiger partial charge in [0.05, 0.1) is 11.4 Å². The highest BCUT2D eigenvalue weighted by Gasteiger charge is 2.14. The molecular formula is C15H16N2. The van der Waals surface area contributed by atoms with Crippen LogP contribution in [0.1, 0.15) is 19.0 Å². The van der Waals surface area contributed by atoms with Crippen LogP contribution < -0.4 is 0 Å². The summed E-state index contributed by atoms with van der Waals surface area (Å²) in [5, 5.41) is 0. The van der Waals surface area contributed by atoms with Crippen molar-refractivity contribution < 1.29 is 0 Å². The first kappa shape index (κ1) is 11.5. The molecule has 2 rings (SSSR count). The maximum atomic E-state index is 4.41. The summed E-state index contributed by atoms with van der Waals surface area (Å²) >= 11 is 0. The van der Waals surface area contributed by atoms with Crippen molar-refractivity contribution in [3.8, 4) is 0 Å². The summed E-state index contributed by atoms with van der Waals surface area (Å²) in [6, 6.07) is 5.97. The lowest BCUT2D eigenvalue weighted by Crippen LogP contribution is -2.06. The normalized spacial score (nSPS) is 19.8. The van der Waals surface area contributed by atoms with Crippen molar-refractivity contribution >= 4 is 11.3 Å². The monoisotopic (exact) mass is 224 g/mol. The molecule has 1 aromatic rings. The molecule has 86 valence electrons. The van der Waals surface area contributed by atoms with E-state index in [4.69, 9.17) is 0 Å². The average molecular weight is 224 g/mol. The van der Waals surface area contributed by atoms with Gasteiger partial charge in [-0.05, 0) is 24.6 Å². The van der Waals surface area contributed by atoms with Gasteiger partial charge in [-0.2, -0.15) is 0 Å². The predicted molar refractivity (Wildman–Crippen MR) is 73.1 cm³/mol. The third-order valence-electron chi connectivity index (χ3n) is 2.67. The lowest BCUT2D eigenvalue weighted by molar-refractivity contribution is 1.21. The van der Waals surface area contributed by atoms with Crippen LogP contribution in [0.2, 0.25) is 0 Å². The number of aliphatic imine (C=N–C) groups is 1. The second-order valence-electron chi connectivity index (χ2n) is 3.79. The number of allylic oxidation sites excluding steroid dienone is 6. The average Bonchev–Trinajstić information content (AvgIpc) is 2.40. The van der Waals surface area contributed by atoms with Crippen LogP contribution in [0.15, 0.2) is 59.3 Å². The summed E-state index contributed by atoms with van der Waals surface area (Å²) in [7, 11) is 1.82. The summed E-state index contributed by atoms with van der Waals surface area (Å²) in [4.78, 5) is 8.72. The van der Waals surface area contributed by atoms with E-state index in [-0.39, 0.29) is 0 Å². The van der Waals surface area contributed by atoms with Gasteiger partial charge in [-0.25, -0.2) is 0 Å². The largest absolute Gasteiger partial charge is 0.288 e. The summed E-state index contributed by atoms with van der Waals surface area (Å²) in [5.74, 6) is 0. The number of rotatable bonds is 2. The van der Waals surface area contributed by atoms with Crippen molar-refractivity contribution in [2.24, 2.45) is 4.99 Å². The zero-order valence-corrected chi connectivity index (χ0v) is 10.2. The number of aromatic nitrogens is 1. The smallest absolute Gasteiger partial charge is 0.0708 e. The lowest BCUT2D eigenvalue weighted by Gasteiger charge is -2.14. The molecule has 0 unspecified atom stereocenters. The van der Waals surface area contributed by atoms with Gasteiger partial charge >= 0.3 is 0 Å². The highest BCUT2D eigenvalue weighted by atomic mass is 14.7. The summed E-state index contributed by atoms with van der Waals surface area (Å²) in [6.45, 7) is 2.13. The van der Waals surface area contributed by atoms with Crippen molar-refractivity contribution in [2.45, 2.75) is 13.3 Å². The Kier molecular flexibility index (Phi) is 3.66. The molecule has 2 heteroatoms. The summed E-state index contributed by atoms with van der Waals surface area (Å²) < 4.78 is 0. The number of hydrogen-bond donors (Lipinski definition) is 0. The third-order valence-corrected chi connectivity index (χ3v) is 2.67. The molecule has 2 nitrogen and oxygen atoms in total. The Balaban J connectivity index is 2.49. The van der Waals surface area contributed by atoms with Crippen molar-refractivity contribution in [3.63, 3.8) is 0 Å². The predicted octanol–water partition coefficient (Wildman–Crippen LogP) is 3.44. The Labute approximate surface area is 102 Å². The summed E-state index contributed by atoms with van der Waals surface area (Å²) in [6.07, 6.45) is 11.2.